The van der Waals surface area contributed by atoms with Crippen LogP contribution in [0.4, 0.5) is 22.0 Å². The van der Waals surface area contributed by atoms with Crippen molar-refractivity contribution < 1.29 is 4.39 Å². The average molecular weight is 539 g/mol. The number of hydrogen-bond donors (Lipinski definition) is 2. The molecule has 1 aliphatic carbocycles. The van der Waals surface area contributed by atoms with Gasteiger partial charge in [-0.2, -0.15) is 9.97 Å². The number of rotatable bonds is 6. The van der Waals surface area contributed by atoms with E-state index in [1.54, 1.807) is 12.1 Å². The quantitative estimate of drug-likeness (QED) is 0.412. The van der Waals surface area contributed by atoms with Gasteiger partial charge in [0.15, 0.2) is 5.11 Å². The largest absolute Gasteiger partial charge is 0.361 e. The van der Waals surface area contributed by atoms with Crippen LogP contribution in [-0.4, -0.2) is 47.3 Å². The Bertz CT molecular complexity index is 1080. The molecule has 2 aromatic rings. The third-order valence-corrected chi connectivity index (χ3v) is 9.23. The maximum absolute atomic E-state index is 13.6. The van der Waals surface area contributed by atoms with Crippen LogP contribution in [0.3, 0.4) is 0 Å². The number of nitrogens with zero attached hydrogens (tertiary/aromatic N) is 4. The molecule has 3 fully saturated rings. The van der Waals surface area contributed by atoms with Gasteiger partial charge < -0.3 is 20.4 Å². The summed E-state index contributed by atoms with van der Waals surface area (Å²) in [6.07, 6.45) is 11.8. The smallest absolute Gasteiger partial charge is 0.232 e. The Hall–Kier alpha value is -2.48. The fourth-order valence-corrected chi connectivity index (χ4v) is 6.62. The molecular weight excluding hydrogens is 495 g/mol. The van der Waals surface area contributed by atoms with Crippen molar-refractivity contribution in [3.8, 4) is 0 Å². The molecular formula is C30H43FN6S. The molecule has 6 nitrogen and oxygen atoms in total. The van der Waals surface area contributed by atoms with E-state index in [1.165, 1.54) is 56.9 Å². The van der Waals surface area contributed by atoms with E-state index in [9.17, 15) is 4.39 Å². The van der Waals surface area contributed by atoms with Gasteiger partial charge in [-0.25, -0.2) is 4.39 Å². The molecule has 1 atom stereocenters. The van der Waals surface area contributed by atoms with Gasteiger partial charge >= 0.3 is 0 Å². The van der Waals surface area contributed by atoms with Crippen LogP contribution in [0.25, 0.3) is 0 Å². The lowest BCUT2D eigenvalue weighted by Crippen LogP contribution is -2.44. The molecule has 3 heterocycles. The van der Waals surface area contributed by atoms with E-state index in [1.807, 2.05) is 12.1 Å². The summed E-state index contributed by atoms with van der Waals surface area (Å²) in [5, 5.41) is 7.35. The minimum atomic E-state index is -0.191. The molecule has 206 valence electrons. The Kier molecular flexibility index (Phi) is 8.66. The summed E-state index contributed by atoms with van der Waals surface area (Å²) >= 11 is 5.77. The summed E-state index contributed by atoms with van der Waals surface area (Å²) < 4.78 is 13.6. The lowest BCUT2D eigenvalue weighted by Gasteiger charge is -2.38. The highest BCUT2D eigenvalue weighted by molar-refractivity contribution is 7.80. The van der Waals surface area contributed by atoms with Crippen LogP contribution in [0.15, 0.2) is 30.3 Å². The molecule has 3 aliphatic rings. The highest BCUT2D eigenvalue weighted by atomic mass is 32.1. The first kappa shape index (κ1) is 27.1. The minimum Gasteiger partial charge on any atom is -0.361 e. The molecule has 0 radical (unpaired) electrons. The van der Waals surface area contributed by atoms with Gasteiger partial charge in [-0.05, 0) is 87.7 Å². The number of thiocarbonyl (C=S) groups is 1. The molecule has 1 saturated carbocycles. The van der Waals surface area contributed by atoms with Gasteiger partial charge in [0.1, 0.15) is 17.5 Å². The van der Waals surface area contributed by atoms with Crippen molar-refractivity contribution in [1.29, 1.82) is 0 Å². The van der Waals surface area contributed by atoms with Gasteiger partial charge in [-0.3, -0.25) is 0 Å². The molecule has 38 heavy (non-hydrogen) atoms. The lowest BCUT2D eigenvalue weighted by molar-refractivity contribution is 0.292. The number of benzene rings is 1. The molecule has 0 amide bonds. The normalized spacial score (nSPS) is 22.2. The standard InChI is InChI=1S/C30H43FN6S/c1-22-13-18-36(19-14-22)26-20-27(37-17-7-4-8-23(37)2)34-28(33-26)35-29(38)32-21-30(15-5-3-6-16-30)24-9-11-25(31)12-10-24/h9-12,20,22-23H,3-8,13-19,21H2,1-2H3,(H2,32,33,34,35,38)/t23-/m0/s1. The van der Waals surface area contributed by atoms with Gasteiger partial charge in [0.05, 0.1) is 0 Å². The zero-order chi connectivity index (χ0) is 26.5. The maximum Gasteiger partial charge on any atom is 0.232 e. The van der Waals surface area contributed by atoms with E-state index in [2.05, 4.69) is 40.3 Å². The summed E-state index contributed by atoms with van der Waals surface area (Å²) in [6.45, 7) is 8.41. The van der Waals surface area contributed by atoms with Gasteiger partial charge in [-0.1, -0.05) is 38.3 Å². The first-order valence-electron chi connectivity index (χ1n) is 14.6. The first-order chi connectivity index (χ1) is 18.4. The summed E-state index contributed by atoms with van der Waals surface area (Å²) in [5.74, 6) is 3.10. The zero-order valence-corrected chi connectivity index (χ0v) is 23.8. The van der Waals surface area contributed by atoms with Crippen molar-refractivity contribution in [3.05, 3.63) is 41.7 Å². The van der Waals surface area contributed by atoms with Crippen molar-refractivity contribution in [3.63, 3.8) is 0 Å². The Labute approximate surface area is 232 Å². The van der Waals surface area contributed by atoms with Crippen LogP contribution in [0.1, 0.15) is 83.6 Å². The zero-order valence-electron chi connectivity index (χ0n) is 23.0. The number of halogens is 1. The van der Waals surface area contributed by atoms with Crippen LogP contribution < -0.4 is 20.4 Å². The topological polar surface area (TPSA) is 56.3 Å². The second-order valence-electron chi connectivity index (χ2n) is 11.8. The predicted octanol–water partition coefficient (Wildman–Crippen LogP) is 6.42. The summed E-state index contributed by atoms with van der Waals surface area (Å²) in [6, 6.07) is 9.67. The molecule has 5 rings (SSSR count). The highest BCUT2D eigenvalue weighted by Crippen LogP contribution is 2.39. The van der Waals surface area contributed by atoms with Gasteiger partial charge in [-0.15, -0.1) is 0 Å². The molecule has 2 N–H and O–H groups in total. The van der Waals surface area contributed by atoms with E-state index in [-0.39, 0.29) is 11.2 Å². The molecule has 8 heteroatoms. The summed E-state index contributed by atoms with van der Waals surface area (Å²) in [4.78, 5) is 14.7. The van der Waals surface area contributed by atoms with Crippen LogP contribution in [-0.2, 0) is 5.41 Å². The maximum atomic E-state index is 13.6. The van der Waals surface area contributed by atoms with E-state index in [0.29, 0.717) is 23.6 Å². The Morgan fingerprint density at radius 2 is 1.66 bits per heavy atom. The minimum absolute atomic E-state index is 0.0424. The number of hydrogen-bond acceptors (Lipinski definition) is 5. The average Bonchev–Trinajstić information content (AvgIpc) is 2.93. The van der Waals surface area contributed by atoms with Crippen LogP contribution in [0, 0.1) is 11.7 Å². The molecule has 1 aromatic carbocycles. The van der Waals surface area contributed by atoms with E-state index in [0.717, 1.165) is 50.0 Å². The third kappa shape index (κ3) is 6.38. The first-order valence-corrected chi connectivity index (χ1v) is 15.0. The second-order valence-corrected chi connectivity index (χ2v) is 12.2. The number of anilines is 3. The number of aromatic nitrogens is 2. The lowest BCUT2D eigenvalue weighted by atomic mass is 9.69. The van der Waals surface area contributed by atoms with Gasteiger partial charge in [0, 0.05) is 43.7 Å². The van der Waals surface area contributed by atoms with Crippen molar-refractivity contribution in [2.24, 2.45) is 5.92 Å². The monoisotopic (exact) mass is 538 g/mol. The summed E-state index contributed by atoms with van der Waals surface area (Å²) in [5.41, 5.74) is 1.15. The SMILES string of the molecule is CC1CCN(c2cc(N3CCCC[C@@H]3C)nc(NC(=S)NCC3(c4ccc(F)cc4)CCCCC3)n2)CC1. The third-order valence-electron chi connectivity index (χ3n) is 8.98. The number of piperidine rings is 2. The van der Waals surface area contributed by atoms with Gasteiger partial charge in [0.25, 0.3) is 0 Å². The highest BCUT2D eigenvalue weighted by Gasteiger charge is 2.34. The fourth-order valence-electron chi connectivity index (χ4n) is 6.46. The molecule has 2 saturated heterocycles. The van der Waals surface area contributed by atoms with E-state index < -0.39 is 0 Å². The molecule has 0 bridgehead atoms. The molecule has 0 spiro atoms. The second kappa shape index (κ2) is 12.1. The van der Waals surface area contributed by atoms with Crippen molar-refractivity contribution in [2.75, 3.05) is 41.3 Å². The van der Waals surface area contributed by atoms with Crippen molar-refractivity contribution in [1.82, 2.24) is 15.3 Å². The van der Waals surface area contributed by atoms with Crippen LogP contribution >= 0.6 is 12.2 Å². The van der Waals surface area contributed by atoms with Crippen LogP contribution in [0.5, 0.6) is 0 Å². The summed E-state index contributed by atoms with van der Waals surface area (Å²) in [7, 11) is 0. The van der Waals surface area contributed by atoms with E-state index in [4.69, 9.17) is 22.2 Å². The van der Waals surface area contributed by atoms with Crippen molar-refractivity contribution >= 4 is 34.9 Å². The molecule has 0 unspecified atom stereocenters. The Balaban J connectivity index is 1.33. The molecule has 2 aliphatic heterocycles. The Morgan fingerprint density at radius 1 is 0.947 bits per heavy atom. The van der Waals surface area contributed by atoms with Gasteiger partial charge in [0.2, 0.25) is 5.95 Å². The fraction of sp³-hybridized carbons (Fsp3) is 0.633. The molecule has 1 aromatic heterocycles. The van der Waals surface area contributed by atoms with Crippen molar-refractivity contribution in [2.45, 2.75) is 89.5 Å². The predicted molar refractivity (Wildman–Crippen MR) is 159 cm³/mol. The van der Waals surface area contributed by atoms with Crippen LogP contribution in [0.2, 0.25) is 0 Å². The van der Waals surface area contributed by atoms with E-state index >= 15 is 0 Å². The Morgan fingerprint density at radius 3 is 2.37 bits per heavy atom. The number of nitrogens with one attached hydrogen (secondary N) is 2.